The predicted molar refractivity (Wildman–Crippen MR) is 151 cm³/mol. The molecule has 3 amide bonds. The number of nitrogens with one attached hydrogen (secondary N) is 1. The lowest BCUT2D eigenvalue weighted by Gasteiger charge is -2.40. The number of halogens is 3. The molecule has 1 saturated heterocycles. The maximum Gasteiger partial charge on any atom is 0.322 e. The number of anilines is 1. The Bertz CT molecular complexity index is 1340. The number of rotatable bonds is 5. The fraction of sp³-hybridized carbons (Fsp3) is 0.357. The monoisotopic (exact) mass is 574 g/mol. The number of benzene rings is 2. The highest BCUT2D eigenvalue weighted by Gasteiger charge is 2.33. The molecule has 0 aliphatic carbocycles. The highest BCUT2D eigenvalue weighted by molar-refractivity contribution is 7.10. The Morgan fingerprint density at radius 3 is 2.71 bits per heavy atom. The van der Waals surface area contributed by atoms with Crippen molar-refractivity contribution in [2.24, 2.45) is 0 Å². The quantitative estimate of drug-likeness (QED) is 0.389. The molecule has 1 N–H and O–H groups in total. The Balaban J connectivity index is 1.19. The van der Waals surface area contributed by atoms with E-state index in [1.807, 2.05) is 17.9 Å². The van der Waals surface area contributed by atoms with Gasteiger partial charge in [-0.25, -0.2) is 9.18 Å². The van der Waals surface area contributed by atoms with Crippen molar-refractivity contribution in [2.75, 3.05) is 38.0 Å². The van der Waals surface area contributed by atoms with Crippen molar-refractivity contribution < 1.29 is 14.0 Å². The molecule has 2 aliphatic heterocycles. The SMILES string of the molecule is C[C@H]1CN(C(=O)CCN2CCc3sccc3[C@H]2c2cccc(F)c2)CCN1C(=O)Nc1cccc(Cl)c1Cl. The summed E-state index contributed by atoms with van der Waals surface area (Å²) < 4.78 is 14.1. The fourth-order valence-corrected chi connectivity index (χ4v) is 6.60. The minimum atomic E-state index is -0.272. The zero-order chi connectivity index (χ0) is 26.8. The molecule has 5 rings (SSSR count). The molecule has 0 spiro atoms. The van der Waals surface area contributed by atoms with Gasteiger partial charge in [0.25, 0.3) is 0 Å². The van der Waals surface area contributed by atoms with Gasteiger partial charge in [0.15, 0.2) is 0 Å². The zero-order valence-electron chi connectivity index (χ0n) is 21.0. The van der Waals surface area contributed by atoms with Gasteiger partial charge >= 0.3 is 6.03 Å². The van der Waals surface area contributed by atoms with Crippen molar-refractivity contribution in [2.45, 2.75) is 31.8 Å². The van der Waals surface area contributed by atoms with Crippen LogP contribution in [0, 0.1) is 5.82 Å². The average molecular weight is 576 g/mol. The Morgan fingerprint density at radius 2 is 1.92 bits per heavy atom. The third-order valence-corrected chi connectivity index (χ3v) is 9.09. The summed E-state index contributed by atoms with van der Waals surface area (Å²) in [5.41, 5.74) is 2.57. The minimum Gasteiger partial charge on any atom is -0.339 e. The molecule has 3 aromatic rings. The number of nitrogens with zero attached hydrogens (tertiary/aromatic N) is 3. The second kappa shape index (κ2) is 11.6. The summed E-state index contributed by atoms with van der Waals surface area (Å²) in [5, 5.41) is 5.59. The number of amides is 3. The van der Waals surface area contributed by atoms with E-state index >= 15 is 0 Å². The molecule has 2 aliphatic rings. The molecule has 0 saturated carbocycles. The van der Waals surface area contributed by atoms with Gasteiger partial charge in [-0.2, -0.15) is 0 Å². The van der Waals surface area contributed by atoms with Gasteiger partial charge in [0, 0.05) is 50.1 Å². The van der Waals surface area contributed by atoms with Crippen LogP contribution in [-0.4, -0.2) is 65.4 Å². The van der Waals surface area contributed by atoms with E-state index in [0.717, 1.165) is 18.5 Å². The predicted octanol–water partition coefficient (Wildman–Crippen LogP) is 6.30. The van der Waals surface area contributed by atoms with Crippen LogP contribution in [0.4, 0.5) is 14.9 Å². The van der Waals surface area contributed by atoms with Crippen LogP contribution in [0.5, 0.6) is 0 Å². The summed E-state index contributed by atoms with van der Waals surface area (Å²) in [6, 6.07) is 13.5. The summed E-state index contributed by atoms with van der Waals surface area (Å²) >= 11 is 14.0. The van der Waals surface area contributed by atoms with E-state index in [4.69, 9.17) is 23.2 Å². The second-order valence-corrected chi connectivity index (χ2v) is 11.5. The van der Waals surface area contributed by atoms with Crippen molar-refractivity contribution in [1.82, 2.24) is 14.7 Å². The molecule has 2 aromatic carbocycles. The van der Waals surface area contributed by atoms with Crippen LogP contribution in [-0.2, 0) is 11.2 Å². The van der Waals surface area contributed by atoms with Crippen LogP contribution in [0.15, 0.2) is 53.9 Å². The Morgan fingerprint density at radius 1 is 1.11 bits per heavy atom. The average Bonchev–Trinajstić information content (AvgIpc) is 3.38. The van der Waals surface area contributed by atoms with Crippen molar-refractivity contribution in [3.8, 4) is 0 Å². The smallest absolute Gasteiger partial charge is 0.322 e. The summed E-state index contributed by atoms with van der Waals surface area (Å²) in [6.45, 7) is 4.67. The highest BCUT2D eigenvalue weighted by atomic mass is 35.5. The van der Waals surface area contributed by atoms with Crippen LogP contribution in [0.2, 0.25) is 10.0 Å². The highest BCUT2D eigenvalue weighted by Crippen LogP contribution is 2.38. The number of piperazine rings is 1. The largest absolute Gasteiger partial charge is 0.339 e. The third-order valence-electron chi connectivity index (χ3n) is 7.28. The molecule has 38 heavy (non-hydrogen) atoms. The van der Waals surface area contributed by atoms with E-state index in [9.17, 15) is 14.0 Å². The number of hydrogen-bond donors (Lipinski definition) is 1. The zero-order valence-corrected chi connectivity index (χ0v) is 23.3. The van der Waals surface area contributed by atoms with E-state index in [0.29, 0.717) is 48.3 Å². The number of thiophene rings is 1. The lowest BCUT2D eigenvalue weighted by Crippen LogP contribution is -2.56. The minimum absolute atomic E-state index is 0.0592. The van der Waals surface area contributed by atoms with Gasteiger partial charge in [0.2, 0.25) is 5.91 Å². The first kappa shape index (κ1) is 26.9. The van der Waals surface area contributed by atoms with E-state index in [1.165, 1.54) is 16.5 Å². The van der Waals surface area contributed by atoms with E-state index in [2.05, 4.69) is 21.7 Å². The van der Waals surface area contributed by atoms with Crippen molar-refractivity contribution in [3.05, 3.63) is 85.8 Å². The van der Waals surface area contributed by atoms with Crippen molar-refractivity contribution in [3.63, 3.8) is 0 Å². The summed E-state index contributed by atoms with van der Waals surface area (Å²) in [4.78, 5) is 33.3. The molecular formula is C28H29Cl2FN4O2S. The molecule has 0 bridgehead atoms. The summed E-state index contributed by atoms with van der Waals surface area (Å²) in [5.74, 6) is -0.196. The normalized spacial score (nSPS) is 19.8. The molecule has 200 valence electrons. The molecule has 1 fully saturated rings. The number of carbonyl (C=O) groups is 2. The summed E-state index contributed by atoms with van der Waals surface area (Å²) in [7, 11) is 0. The first-order chi connectivity index (χ1) is 18.3. The van der Waals surface area contributed by atoms with Gasteiger partial charge < -0.3 is 15.1 Å². The van der Waals surface area contributed by atoms with Crippen molar-refractivity contribution in [1.29, 1.82) is 0 Å². The van der Waals surface area contributed by atoms with Gasteiger partial charge in [-0.15, -0.1) is 11.3 Å². The molecule has 0 unspecified atom stereocenters. The van der Waals surface area contributed by atoms with Gasteiger partial charge in [-0.1, -0.05) is 41.4 Å². The first-order valence-corrected chi connectivity index (χ1v) is 14.3. The van der Waals surface area contributed by atoms with E-state index in [1.54, 1.807) is 46.6 Å². The van der Waals surface area contributed by atoms with Gasteiger partial charge in [0.05, 0.1) is 21.8 Å². The Kier molecular flexibility index (Phi) is 8.23. The third kappa shape index (κ3) is 5.69. The van der Waals surface area contributed by atoms with Crippen molar-refractivity contribution >= 4 is 52.2 Å². The van der Waals surface area contributed by atoms with Gasteiger partial charge in [0.1, 0.15) is 5.82 Å². The Labute approximate surface area is 235 Å². The van der Waals surface area contributed by atoms with Gasteiger partial charge in [-0.3, -0.25) is 9.69 Å². The lowest BCUT2D eigenvalue weighted by molar-refractivity contribution is -0.134. The molecule has 6 nitrogen and oxygen atoms in total. The second-order valence-electron chi connectivity index (χ2n) is 9.71. The molecule has 2 atom stereocenters. The number of carbonyl (C=O) groups excluding carboxylic acids is 2. The first-order valence-electron chi connectivity index (χ1n) is 12.7. The summed E-state index contributed by atoms with van der Waals surface area (Å²) in [6.07, 6.45) is 1.29. The molecule has 3 heterocycles. The van der Waals surface area contributed by atoms with Crippen LogP contribution in [0.3, 0.4) is 0 Å². The van der Waals surface area contributed by atoms with Crippen LogP contribution in [0.25, 0.3) is 0 Å². The van der Waals surface area contributed by atoms with E-state index in [-0.39, 0.29) is 29.8 Å². The number of hydrogen-bond acceptors (Lipinski definition) is 4. The van der Waals surface area contributed by atoms with Crippen LogP contribution in [0.1, 0.15) is 35.4 Å². The topological polar surface area (TPSA) is 55.9 Å². The van der Waals surface area contributed by atoms with Gasteiger partial charge in [-0.05, 0) is 60.2 Å². The standard InChI is InChI=1S/C28H29Cl2FN4O2S/c1-18-17-34(13-14-35(18)28(37)32-23-7-3-6-22(29)26(23)30)25(36)9-12-33-11-8-24-21(10-15-38-24)27(33)19-4-2-5-20(31)16-19/h2-7,10,15-16,18,27H,8-9,11-14,17H2,1H3,(H,32,37)/t18-,27+/m0/s1. The van der Waals surface area contributed by atoms with Crippen LogP contribution < -0.4 is 5.32 Å². The molecule has 0 radical (unpaired) electrons. The Hall–Kier alpha value is -2.65. The lowest BCUT2D eigenvalue weighted by atomic mass is 9.93. The number of fused-ring (bicyclic) bond motifs is 1. The molecule has 1 aromatic heterocycles. The molecule has 10 heteroatoms. The fourth-order valence-electron chi connectivity index (χ4n) is 5.35. The van der Waals surface area contributed by atoms with E-state index < -0.39 is 0 Å². The maximum atomic E-state index is 14.1. The molecular weight excluding hydrogens is 546 g/mol. The number of urea groups is 1. The van der Waals surface area contributed by atoms with Crippen LogP contribution >= 0.6 is 34.5 Å². The maximum absolute atomic E-state index is 14.1.